The van der Waals surface area contributed by atoms with Gasteiger partial charge in [0.15, 0.2) is 0 Å². The molecule has 2 N–H and O–H groups in total. The Labute approximate surface area is 160 Å². The summed E-state index contributed by atoms with van der Waals surface area (Å²) in [6.07, 6.45) is 5.32. The fourth-order valence-electron chi connectivity index (χ4n) is 2.78. The van der Waals surface area contributed by atoms with Crippen molar-refractivity contribution in [2.45, 2.75) is 0 Å². The number of urea groups is 1. The van der Waals surface area contributed by atoms with E-state index in [9.17, 15) is 9.59 Å². The second kappa shape index (κ2) is 7.28. The molecule has 0 aliphatic rings. The van der Waals surface area contributed by atoms with E-state index in [-0.39, 0.29) is 11.7 Å². The van der Waals surface area contributed by atoms with E-state index >= 15 is 0 Å². The highest BCUT2D eigenvalue weighted by atomic mass is 16.2. The molecule has 2 amide bonds. The van der Waals surface area contributed by atoms with Gasteiger partial charge in [-0.1, -0.05) is 6.07 Å². The smallest absolute Gasteiger partial charge is 0.324 e. The average Bonchev–Trinajstić information content (AvgIpc) is 3.34. The van der Waals surface area contributed by atoms with E-state index < -0.39 is 0 Å². The number of aryl methyl sites for hydroxylation is 1. The third-order valence-electron chi connectivity index (χ3n) is 4.20. The maximum Gasteiger partial charge on any atom is 0.350 e. The second-order valence-electron chi connectivity index (χ2n) is 6.20. The number of hydrogen-bond donors (Lipinski definition) is 2. The summed E-state index contributed by atoms with van der Waals surface area (Å²) in [5, 5.41) is 9.62. The summed E-state index contributed by atoms with van der Waals surface area (Å²) in [4.78, 5) is 24.2. The van der Waals surface area contributed by atoms with Crippen LogP contribution < -0.4 is 16.3 Å². The number of nitrogens with zero attached hydrogens (tertiary/aromatic N) is 4. The third kappa shape index (κ3) is 3.56. The monoisotopic (exact) mass is 374 g/mol. The molecule has 0 radical (unpaired) electrons. The Morgan fingerprint density at radius 1 is 0.893 bits per heavy atom. The summed E-state index contributed by atoms with van der Waals surface area (Å²) in [6, 6.07) is 17.9. The minimum Gasteiger partial charge on any atom is -0.324 e. The molecule has 8 nitrogen and oxygen atoms in total. The van der Waals surface area contributed by atoms with E-state index in [0.29, 0.717) is 17.1 Å². The van der Waals surface area contributed by atoms with Gasteiger partial charge in [-0.2, -0.15) is 9.78 Å². The normalized spacial score (nSPS) is 10.6. The summed E-state index contributed by atoms with van der Waals surface area (Å²) in [7, 11) is 1.64. The lowest BCUT2D eigenvalue weighted by atomic mass is 10.2. The highest BCUT2D eigenvalue weighted by Crippen LogP contribution is 2.16. The molecule has 4 rings (SSSR count). The highest BCUT2D eigenvalue weighted by Gasteiger charge is 2.07. The predicted octanol–water partition coefficient (Wildman–Crippen LogP) is 3.01. The van der Waals surface area contributed by atoms with Crippen LogP contribution in [0.5, 0.6) is 0 Å². The largest absolute Gasteiger partial charge is 0.350 e. The predicted molar refractivity (Wildman–Crippen MR) is 107 cm³/mol. The summed E-state index contributed by atoms with van der Waals surface area (Å²) in [5.41, 5.74) is 2.62. The Kier molecular flexibility index (Phi) is 4.51. The minimum absolute atomic E-state index is 0.235. The van der Waals surface area contributed by atoms with Gasteiger partial charge in [-0.25, -0.2) is 9.59 Å². The van der Waals surface area contributed by atoms with Crippen molar-refractivity contribution in [1.82, 2.24) is 18.9 Å². The fraction of sp³-hybridized carbons (Fsp3) is 0.0500. The molecule has 140 valence electrons. The molecule has 0 saturated heterocycles. The average molecular weight is 374 g/mol. The van der Waals surface area contributed by atoms with Crippen LogP contribution in [-0.2, 0) is 7.05 Å². The molecule has 2 aromatic carbocycles. The quantitative estimate of drug-likeness (QED) is 0.576. The number of rotatable bonds is 4. The van der Waals surface area contributed by atoms with Crippen molar-refractivity contribution in [3.8, 4) is 11.4 Å². The lowest BCUT2D eigenvalue weighted by Gasteiger charge is -2.10. The van der Waals surface area contributed by atoms with E-state index in [0.717, 1.165) is 5.69 Å². The van der Waals surface area contributed by atoms with Crippen molar-refractivity contribution in [2.75, 3.05) is 10.6 Å². The van der Waals surface area contributed by atoms with Gasteiger partial charge in [-0.05, 0) is 54.6 Å². The topological polar surface area (TPSA) is 85.9 Å². The molecule has 2 heterocycles. The van der Waals surface area contributed by atoms with E-state index in [2.05, 4.69) is 15.7 Å². The number of benzene rings is 2. The second-order valence-corrected chi connectivity index (χ2v) is 6.20. The first-order valence-electron chi connectivity index (χ1n) is 8.63. The van der Waals surface area contributed by atoms with Crippen molar-refractivity contribution in [1.29, 1.82) is 0 Å². The zero-order valence-electron chi connectivity index (χ0n) is 15.1. The maximum absolute atomic E-state index is 12.3. The first kappa shape index (κ1) is 17.3. The number of amides is 2. The Balaban J connectivity index is 1.43. The molecular formula is C20H18N6O2. The first-order valence-corrected chi connectivity index (χ1v) is 8.63. The lowest BCUT2D eigenvalue weighted by Crippen LogP contribution is -2.21. The Hall–Kier alpha value is -4.07. The molecule has 0 saturated carbocycles. The van der Waals surface area contributed by atoms with E-state index in [4.69, 9.17) is 0 Å². The molecule has 0 fully saturated rings. The molecule has 8 heteroatoms. The Morgan fingerprint density at radius 3 is 2.29 bits per heavy atom. The van der Waals surface area contributed by atoms with Gasteiger partial charge in [0.05, 0.1) is 5.69 Å². The van der Waals surface area contributed by atoms with Crippen LogP contribution in [0.1, 0.15) is 0 Å². The van der Waals surface area contributed by atoms with Crippen molar-refractivity contribution < 1.29 is 4.79 Å². The summed E-state index contributed by atoms with van der Waals surface area (Å²) in [6.45, 7) is 0. The van der Waals surface area contributed by atoms with Gasteiger partial charge in [0, 0.05) is 36.5 Å². The van der Waals surface area contributed by atoms with Crippen LogP contribution in [0, 0.1) is 0 Å². The van der Waals surface area contributed by atoms with Gasteiger partial charge in [0.2, 0.25) is 0 Å². The third-order valence-corrected chi connectivity index (χ3v) is 4.20. The van der Waals surface area contributed by atoms with Crippen LogP contribution in [0.2, 0.25) is 0 Å². The number of hydrogen-bond acceptors (Lipinski definition) is 3. The number of anilines is 2. The molecule has 0 unspecified atom stereocenters. The molecule has 0 aliphatic heterocycles. The van der Waals surface area contributed by atoms with Crippen molar-refractivity contribution in [2.24, 2.45) is 7.05 Å². The number of aromatic nitrogens is 4. The van der Waals surface area contributed by atoms with E-state index in [1.165, 1.54) is 15.6 Å². The van der Waals surface area contributed by atoms with E-state index in [1.807, 2.05) is 53.4 Å². The van der Waals surface area contributed by atoms with Gasteiger partial charge in [0.25, 0.3) is 0 Å². The van der Waals surface area contributed by atoms with Crippen molar-refractivity contribution >= 4 is 17.4 Å². The van der Waals surface area contributed by atoms with Gasteiger partial charge in [-0.15, -0.1) is 0 Å². The standard InChI is InChI=1S/C20H18N6O2/c1-24-14-21-26(20(24)28)17-9-7-15(8-10-17)22-19(27)23-16-5-4-6-18(13-16)25-11-2-3-12-25/h2-14H,1H3,(H2,22,23,27). The Morgan fingerprint density at radius 2 is 1.61 bits per heavy atom. The maximum atomic E-state index is 12.3. The summed E-state index contributed by atoms with van der Waals surface area (Å²) >= 11 is 0. The van der Waals surface area contributed by atoms with Crippen molar-refractivity contribution in [3.05, 3.63) is 89.9 Å². The van der Waals surface area contributed by atoms with Gasteiger partial charge >= 0.3 is 11.7 Å². The number of carbonyl (C=O) groups is 1. The summed E-state index contributed by atoms with van der Waals surface area (Å²) in [5.74, 6) is 0. The van der Waals surface area contributed by atoms with Crippen LogP contribution in [-0.4, -0.2) is 24.9 Å². The molecule has 4 aromatic rings. The zero-order chi connectivity index (χ0) is 19.5. The van der Waals surface area contributed by atoms with Gasteiger partial charge in [0.1, 0.15) is 6.33 Å². The zero-order valence-corrected chi connectivity index (χ0v) is 15.1. The highest BCUT2D eigenvalue weighted by molar-refractivity contribution is 5.99. The van der Waals surface area contributed by atoms with Crippen LogP contribution in [0.25, 0.3) is 11.4 Å². The summed E-state index contributed by atoms with van der Waals surface area (Å²) < 4.78 is 4.64. The van der Waals surface area contributed by atoms with Gasteiger partial charge in [-0.3, -0.25) is 4.57 Å². The molecule has 0 bridgehead atoms. The Bertz CT molecular complexity index is 1160. The SMILES string of the molecule is Cn1cnn(-c2ccc(NC(=O)Nc3cccc(-n4cccc4)c3)cc2)c1=O. The number of carbonyl (C=O) groups excluding carboxylic acids is 1. The van der Waals surface area contributed by atoms with Gasteiger partial charge < -0.3 is 15.2 Å². The van der Waals surface area contributed by atoms with Crippen molar-refractivity contribution in [3.63, 3.8) is 0 Å². The number of nitrogens with one attached hydrogen (secondary N) is 2. The minimum atomic E-state index is -0.354. The van der Waals surface area contributed by atoms with Crippen LogP contribution >= 0.6 is 0 Å². The van der Waals surface area contributed by atoms with Crippen LogP contribution in [0.15, 0.2) is 84.2 Å². The molecule has 2 aromatic heterocycles. The molecule has 0 aliphatic carbocycles. The first-order chi connectivity index (χ1) is 13.6. The van der Waals surface area contributed by atoms with Crippen LogP contribution in [0.3, 0.4) is 0 Å². The molecular weight excluding hydrogens is 356 g/mol. The van der Waals surface area contributed by atoms with Crippen LogP contribution in [0.4, 0.5) is 16.2 Å². The molecule has 0 atom stereocenters. The fourth-order valence-corrected chi connectivity index (χ4v) is 2.78. The lowest BCUT2D eigenvalue weighted by molar-refractivity contribution is 0.262. The molecule has 28 heavy (non-hydrogen) atoms. The molecule has 0 spiro atoms. The van der Waals surface area contributed by atoms with E-state index in [1.54, 1.807) is 31.3 Å².